The summed E-state index contributed by atoms with van der Waals surface area (Å²) in [6, 6.07) is 15.0. The lowest BCUT2D eigenvalue weighted by atomic mass is 10.0. The third kappa shape index (κ3) is 5.86. The highest BCUT2D eigenvalue weighted by molar-refractivity contribution is 7.16. The van der Waals surface area contributed by atoms with Gasteiger partial charge in [0.1, 0.15) is 10.8 Å². The van der Waals surface area contributed by atoms with Crippen molar-refractivity contribution in [2.24, 2.45) is 0 Å². The number of aryl methyl sites for hydroxylation is 2. The number of piperazine rings is 1. The maximum absolute atomic E-state index is 13.3. The molecule has 0 saturated carbocycles. The molecule has 2 aromatic carbocycles. The van der Waals surface area contributed by atoms with Crippen LogP contribution in [0.15, 0.2) is 48.5 Å². The van der Waals surface area contributed by atoms with Gasteiger partial charge in [0.2, 0.25) is 5.91 Å². The second kappa shape index (κ2) is 11.2. The zero-order chi connectivity index (χ0) is 24.9. The van der Waals surface area contributed by atoms with Crippen LogP contribution in [-0.2, 0) is 11.2 Å². The van der Waals surface area contributed by atoms with E-state index in [4.69, 9.17) is 16.3 Å². The Balaban J connectivity index is 1.41. The van der Waals surface area contributed by atoms with Gasteiger partial charge in [-0.05, 0) is 49.2 Å². The predicted molar refractivity (Wildman–Crippen MR) is 144 cm³/mol. The molecule has 6 nitrogen and oxygen atoms in total. The van der Waals surface area contributed by atoms with E-state index in [1.807, 2.05) is 43.3 Å². The van der Waals surface area contributed by atoms with Crippen molar-refractivity contribution in [3.8, 4) is 5.75 Å². The lowest BCUT2D eigenvalue weighted by molar-refractivity contribution is -0.117. The molecule has 184 valence electrons. The normalized spacial score (nSPS) is 14.1. The second-order valence-electron chi connectivity index (χ2n) is 8.58. The fraction of sp³-hybridized carbons (Fsp3) is 0.333. The van der Waals surface area contributed by atoms with Crippen molar-refractivity contribution < 1.29 is 14.3 Å². The molecule has 3 aromatic rings. The average Bonchev–Trinajstić information content (AvgIpc) is 3.28. The fourth-order valence-corrected chi connectivity index (χ4v) is 5.47. The molecule has 35 heavy (non-hydrogen) atoms. The van der Waals surface area contributed by atoms with E-state index in [0.29, 0.717) is 21.9 Å². The first kappa shape index (κ1) is 25.2. The van der Waals surface area contributed by atoms with E-state index in [9.17, 15) is 9.59 Å². The topological polar surface area (TPSA) is 61.9 Å². The summed E-state index contributed by atoms with van der Waals surface area (Å²) >= 11 is 7.65. The molecular formula is C27H30ClN3O3S. The van der Waals surface area contributed by atoms with E-state index in [2.05, 4.69) is 22.0 Å². The van der Waals surface area contributed by atoms with Crippen LogP contribution in [0.3, 0.4) is 0 Å². The number of hydrogen-bond donors (Lipinski definition) is 1. The number of ketones is 1. The first-order chi connectivity index (χ1) is 16.9. The number of nitrogens with one attached hydrogen (secondary N) is 1. The lowest BCUT2D eigenvalue weighted by Crippen LogP contribution is -2.48. The number of benzene rings is 2. The molecule has 1 fully saturated rings. The minimum atomic E-state index is -0.154. The molecular weight excluding hydrogens is 482 g/mol. The van der Waals surface area contributed by atoms with Crippen LogP contribution in [0.1, 0.15) is 33.3 Å². The zero-order valence-electron chi connectivity index (χ0n) is 20.3. The molecule has 1 aliphatic rings. The highest BCUT2D eigenvalue weighted by Gasteiger charge is 2.24. The van der Waals surface area contributed by atoms with Crippen molar-refractivity contribution in [3.63, 3.8) is 0 Å². The van der Waals surface area contributed by atoms with Crippen molar-refractivity contribution in [2.45, 2.75) is 20.3 Å². The summed E-state index contributed by atoms with van der Waals surface area (Å²) in [5, 5.41) is 4.33. The van der Waals surface area contributed by atoms with Gasteiger partial charge in [0.25, 0.3) is 0 Å². The van der Waals surface area contributed by atoms with E-state index in [1.165, 1.54) is 16.9 Å². The maximum atomic E-state index is 13.3. The van der Waals surface area contributed by atoms with Crippen molar-refractivity contribution in [2.75, 3.05) is 50.1 Å². The summed E-state index contributed by atoms with van der Waals surface area (Å²) in [4.78, 5) is 31.8. The number of anilines is 2. The molecule has 1 aliphatic heterocycles. The molecule has 0 radical (unpaired) electrons. The van der Waals surface area contributed by atoms with E-state index < -0.39 is 0 Å². The van der Waals surface area contributed by atoms with Crippen molar-refractivity contribution in [3.05, 3.63) is 75.1 Å². The summed E-state index contributed by atoms with van der Waals surface area (Å²) in [7, 11) is 1.55. The number of methoxy groups -OCH3 is 1. The highest BCUT2D eigenvalue weighted by atomic mass is 35.5. The van der Waals surface area contributed by atoms with Crippen LogP contribution in [0, 0.1) is 6.92 Å². The monoisotopic (exact) mass is 511 g/mol. The van der Waals surface area contributed by atoms with Crippen LogP contribution in [0.5, 0.6) is 5.75 Å². The van der Waals surface area contributed by atoms with Crippen LogP contribution < -0.4 is 15.0 Å². The van der Waals surface area contributed by atoms with Crippen LogP contribution in [-0.4, -0.2) is 56.4 Å². The summed E-state index contributed by atoms with van der Waals surface area (Å²) in [6.45, 7) is 7.60. The van der Waals surface area contributed by atoms with Gasteiger partial charge in [0, 0.05) is 41.8 Å². The van der Waals surface area contributed by atoms with Crippen molar-refractivity contribution in [1.82, 2.24) is 4.90 Å². The number of nitrogens with zero attached hydrogens (tertiary/aromatic N) is 2. The number of ether oxygens (including phenoxy) is 1. The molecule has 1 aromatic heterocycles. The van der Waals surface area contributed by atoms with E-state index >= 15 is 0 Å². The van der Waals surface area contributed by atoms with Crippen molar-refractivity contribution in [1.29, 1.82) is 0 Å². The van der Waals surface area contributed by atoms with Gasteiger partial charge in [0.15, 0.2) is 5.78 Å². The zero-order valence-corrected chi connectivity index (χ0v) is 21.8. The molecule has 1 N–H and O–H groups in total. The summed E-state index contributed by atoms with van der Waals surface area (Å²) in [5.41, 5.74) is 3.33. The van der Waals surface area contributed by atoms with Gasteiger partial charge in [0.05, 0.1) is 24.8 Å². The Morgan fingerprint density at radius 2 is 1.80 bits per heavy atom. The van der Waals surface area contributed by atoms with Crippen molar-refractivity contribution >= 4 is 45.3 Å². The quantitative estimate of drug-likeness (QED) is 0.417. The number of para-hydroxylation sites is 1. The van der Waals surface area contributed by atoms with Crippen LogP contribution in [0.2, 0.25) is 5.02 Å². The Bertz CT molecular complexity index is 1220. The molecule has 1 saturated heterocycles. The number of thiophene rings is 1. The van der Waals surface area contributed by atoms with Gasteiger partial charge in [-0.2, -0.15) is 0 Å². The maximum Gasteiger partial charge on any atom is 0.239 e. The first-order valence-electron chi connectivity index (χ1n) is 11.7. The second-order valence-corrected chi connectivity index (χ2v) is 10.2. The van der Waals surface area contributed by atoms with Crippen LogP contribution in [0.25, 0.3) is 0 Å². The van der Waals surface area contributed by atoms with E-state index in [-0.39, 0.29) is 18.2 Å². The Labute approximate surface area is 215 Å². The lowest BCUT2D eigenvalue weighted by Gasteiger charge is -2.36. The van der Waals surface area contributed by atoms with Gasteiger partial charge < -0.3 is 15.0 Å². The Kier molecular flexibility index (Phi) is 8.11. The molecule has 4 rings (SSSR count). The van der Waals surface area contributed by atoms with Crippen LogP contribution >= 0.6 is 22.9 Å². The smallest absolute Gasteiger partial charge is 0.239 e. The third-order valence-corrected chi connectivity index (χ3v) is 7.66. The number of amides is 1. The number of hydrogen-bond acceptors (Lipinski definition) is 6. The summed E-state index contributed by atoms with van der Waals surface area (Å²) < 4.78 is 5.37. The van der Waals surface area contributed by atoms with Gasteiger partial charge in [-0.15, -0.1) is 11.3 Å². The van der Waals surface area contributed by atoms with E-state index in [1.54, 1.807) is 19.2 Å². The SMILES string of the molecule is CCc1cc(C(=O)c2ccccc2OC)c(NC(=O)CN2CCN(c3cc(Cl)ccc3C)CC2)s1. The van der Waals surface area contributed by atoms with Gasteiger partial charge >= 0.3 is 0 Å². The molecule has 8 heteroatoms. The van der Waals surface area contributed by atoms with Crippen LogP contribution in [0.4, 0.5) is 10.7 Å². The molecule has 0 aliphatic carbocycles. The fourth-order valence-electron chi connectivity index (χ4n) is 4.29. The molecule has 2 heterocycles. The summed E-state index contributed by atoms with van der Waals surface area (Å²) in [5.74, 6) is 0.252. The number of halogens is 1. The first-order valence-corrected chi connectivity index (χ1v) is 12.9. The van der Waals surface area contributed by atoms with Gasteiger partial charge in [-0.1, -0.05) is 36.7 Å². The minimum Gasteiger partial charge on any atom is -0.496 e. The number of carbonyl (C=O) groups excluding carboxylic acids is 2. The molecule has 0 unspecified atom stereocenters. The predicted octanol–water partition coefficient (Wildman–Crippen LogP) is 5.27. The molecule has 0 bridgehead atoms. The molecule has 0 spiro atoms. The molecule has 0 atom stereocenters. The standard InChI is InChI=1S/C27H30ClN3O3S/c1-4-20-16-22(26(33)21-7-5-6-8-24(21)34-3)27(35-20)29-25(32)17-30-11-13-31(14-12-30)23-15-19(28)10-9-18(23)2/h5-10,15-16H,4,11-14,17H2,1-3H3,(H,29,32). The molecule has 1 amide bonds. The summed E-state index contributed by atoms with van der Waals surface area (Å²) in [6.07, 6.45) is 0.789. The highest BCUT2D eigenvalue weighted by Crippen LogP contribution is 2.33. The third-order valence-electron chi connectivity index (χ3n) is 6.23. The Hall–Kier alpha value is -2.87. The van der Waals surface area contributed by atoms with Gasteiger partial charge in [-0.25, -0.2) is 0 Å². The largest absolute Gasteiger partial charge is 0.496 e. The van der Waals surface area contributed by atoms with Gasteiger partial charge in [-0.3, -0.25) is 14.5 Å². The number of rotatable bonds is 8. The number of carbonyl (C=O) groups is 2. The minimum absolute atomic E-state index is 0.115. The Morgan fingerprint density at radius 3 is 2.51 bits per heavy atom. The van der Waals surface area contributed by atoms with E-state index in [0.717, 1.165) is 48.2 Å². The average molecular weight is 512 g/mol. The Morgan fingerprint density at radius 1 is 1.06 bits per heavy atom.